The van der Waals surface area contributed by atoms with Crippen LogP contribution in [0.5, 0.6) is 0 Å². The first-order chi connectivity index (χ1) is 10.8. The second-order valence-corrected chi connectivity index (χ2v) is 5.52. The van der Waals surface area contributed by atoms with Crippen molar-refractivity contribution < 1.29 is 9.90 Å². The van der Waals surface area contributed by atoms with Crippen molar-refractivity contribution in [1.82, 2.24) is 19.9 Å². The first kappa shape index (κ1) is 14.7. The van der Waals surface area contributed by atoms with Gasteiger partial charge < -0.3 is 10.0 Å². The Bertz CT molecular complexity index is 626. The molecule has 22 heavy (non-hydrogen) atoms. The van der Waals surface area contributed by atoms with Crippen LogP contribution in [-0.4, -0.2) is 50.1 Å². The molecule has 1 amide bonds. The Hall–Kier alpha value is -2.21. The summed E-state index contributed by atoms with van der Waals surface area (Å²) in [5.41, 5.74) is 1.21. The zero-order valence-corrected chi connectivity index (χ0v) is 12.4. The third kappa shape index (κ3) is 3.01. The normalized spacial score (nSPS) is 17.9. The molecule has 0 spiro atoms. The Kier molecular flexibility index (Phi) is 4.48. The van der Waals surface area contributed by atoms with Gasteiger partial charge in [-0.2, -0.15) is 9.90 Å². The molecule has 0 bridgehead atoms. The van der Waals surface area contributed by atoms with Crippen molar-refractivity contribution in [1.29, 1.82) is 0 Å². The van der Waals surface area contributed by atoms with Gasteiger partial charge in [0.25, 0.3) is 5.91 Å². The van der Waals surface area contributed by atoms with E-state index in [1.807, 2.05) is 35.2 Å². The quantitative estimate of drug-likeness (QED) is 0.911. The Morgan fingerprint density at radius 1 is 1.32 bits per heavy atom. The lowest BCUT2D eigenvalue weighted by Crippen LogP contribution is -2.36. The van der Waals surface area contributed by atoms with Crippen LogP contribution >= 0.6 is 0 Å². The Morgan fingerprint density at radius 2 is 2.14 bits per heavy atom. The standard InChI is InChI=1S/C16H20N4O2/c21-11-5-9-13-8-4-10-19(13)16(22)15-12-17-20(18-15)14-6-2-1-3-7-14/h1-3,6-7,12-13,21H,4-5,8-11H2. The van der Waals surface area contributed by atoms with Crippen LogP contribution in [0.2, 0.25) is 0 Å². The summed E-state index contributed by atoms with van der Waals surface area (Å²) >= 11 is 0. The molecule has 1 N–H and O–H groups in total. The molecule has 3 rings (SSSR count). The van der Waals surface area contributed by atoms with E-state index in [2.05, 4.69) is 10.2 Å². The summed E-state index contributed by atoms with van der Waals surface area (Å²) in [7, 11) is 0. The van der Waals surface area contributed by atoms with Crippen molar-refractivity contribution >= 4 is 5.91 Å². The molecule has 1 aliphatic rings. The molecular weight excluding hydrogens is 280 g/mol. The van der Waals surface area contributed by atoms with Gasteiger partial charge in [-0.25, -0.2) is 0 Å². The lowest BCUT2D eigenvalue weighted by Gasteiger charge is -2.23. The summed E-state index contributed by atoms with van der Waals surface area (Å²) in [6.07, 6.45) is 5.10. The van der Waals surface area contributed by atoms with Crippen LogP contribution in [0.3, 0.4) is 0 Å². The maximum Gasteiger partial charge on any atom is 0.276 e. The molecule has 1 aromatic heterocycles. The smallest absolute Gasteiger partial charge is 0.276 e. The summed E-state index contributed by atoms with van der Waals surface area (Å²) in [4.78, 5) is 16.0. The lowest BCUT2D eigenvalue weighted by atomic mass is 10.1. The van der Waals surface area contributed by atoms with Crippen molar-refractivity contribution in [2.45, 2.75) is 31.7 Å². The van der Waals surface area contributed by atoms with Crippen LogP contribution < -0.4 is 0 Å². The number of hydrogen-bond acceptors (Lipinski definition) is 4. The number of carbonyl (C=O) groups is 1. The van der Waals surface area contributed by atoms with Gasteiger partial charge in [0.05, 0.1) is 11.9 Å². The van der Waals surface area contributed by atoms with Crippen molar-refractivity contribution in [3.63, 3.8) is 0 Å². The van der Waals surface area contributed by atoms with E-state index in [-0.39, 0.29) is 18.6 Å². The van der Waals surface area contributed by atoms with E-state index in [1.165, 1.54) is 11.0 Å². The topological polar surface area (TPSA) is 71.2 Å². The first-order valence-corrected chi connectivity index (χ1v) is 7.69. The number of benzene rings is 1. The Labute approximate surface area is 129 Å². The van der Waals surface area contributed by atoms with E-state index in [1.54, 1.807) is 0 Å². The molecule has 0 saturated carbocycles. The summed E-state index contributed by atoms with van der Waals surface area (Å²) < 4.78 is 0. The highest BCUT2D eigenvalue weighted by molar-refractivity contribution is 5.92. The number of rotatable bonds is 5. The van der Waals surface area contributed by atoms with Gasteiger partial charge >= 0.3 is 0 Å². The first-order valence-electron chi connectivity index (χ1n) is 7.69. The minimum absolute atomic E-state index is 0.0670. The van der Waals surface area contributed by atoms with Crippen LogP contribution in [0.1, 0.15) is 36.2 Å². The number of nitrogens with zero attached hydrogens (tertiary/aromatic N) is 4. The number of hydrogen-bond donors (Lipinski definition) is 1. The van der Waals surface area contributed by atoms with Gasteiger partial charge in [-0.1, -0.05) is 18.2 Å². The summed E-state index contributed by atoms with van der Waals surface area (Å²) in [5, 5.41) is 17.5. The second-order valence-electron chi connectivity index (χ2n) is 5.52. The SMILES string of the molecule is O=C(c1cnn(-c2ccccc2)n1)N1CCCC1CCCO. The van der Waals surface area contributed by atoms with Crippen LogP contribution in [0, 0.1) is 0 Å². The molecule has 0 aliphatic carbocycles. The van der Waals surface area contributed by atoms with Crippen molar-refractivity contribution in [3.05, 3.63) is 42.2 Å². The fraction of sp³-hybridized carbons (Fsp3) is 0.438. The van der Waals surface area contributed by atoms with Crippen molar-refractivity contribution in [2.75, 3.05) is 13.2 Å². The number of aliphatic hydroxyl groups excluding tert-OH is 1. The molecule has 6 nitrogen and oxygen atoms in total. The number of para-hydroxylation sites is 1. The fourth-order valence-corrected chi connectivity index (χ4v) is 2.92. The largest absolute Gasteiger partial charge is 0.396 e. The van der Waals surface area contributed by atoms with Crippen LogP contribution in [0.15, 0.2) is 36.5 Å². The van der Waals surface area contributed by atoms with Gasteiger partial charge in [0, 0.05) is 19.2 Å². The second kappa shape index (κ2) is 6.70. The number of amides is 1. The zero-order valence-electron chi connectivity index (χ0n) is 12.4. The number of aromatic nitrogens is 3. The monoisotopic (exact) mass is 300 g/mol. The molecule has 2 heterocycles. The average molecular weight is 300 g/mol. The molecule has 2 aromatic rings. The predicted octanol–water partition coefficient (Wildman–Crippen LogP) is 1.64. The highest BCUT2D eigenvalue weighted by atomic mass is 16.3. The summed E-state index contributed by atoms with van der Waals surface area (Å²) in [5.74, 6) is -0.0670. The van der Waals surface area contributed by atoms with Gasteiger partial charge in [-0.15, -0.1) is 5.10 Å². The summed E-state index contributed by atoms with van der Waals surface area (Å²) in [6, 6.07) is 9.75. The van der Waals surface area contributed by atoms with E-state index in [0.717, 1.165) is 37.9 Å². The van der Waals surface area contributed by atoms with E-state index < -0.39 is 0 Å². The maximum atomic E-state index is 12.6. The highest BCUT2D eigenvalue weighted by Crippen LogP contribution is 2.23. The van der Waals surface area contributed by atoms with E-state index in [0.29, 0.717) is 5.69 Å². The van der Waals surface area contributed by atoms with Gasteiger partial charge in [-0.05, 0) is 37.8 Å². The Morgan fingerprint density at radius 3 is 2.91 bits per heavy atom. The zero-order chi connectivity index (χ0) is 15.4. The van der Waals surface area contributed by atoms with Crippen LogP contribution in [-0.2, 0) is 0 Å². The molecule has 1 saturated heterocycles. The van der Waals surface area contributed by atoms with E-state index >= 15 is 0 Å². The van der Waals surface area contributed by atoms with Gasteiger partial charge in [0.1, 0.15) is 0 Å². The predicted molar refractivity (Wildman–Crippen MR) is 81.7 cm³/mol. The van der Waals surface area contributed by atoms with Crippen LogP contribution in [0.25, 0.3) is 5.69 Å². The number of carbonyl (C=O) groups excluding carboxylic acids is 1. The molecule has 1 fully saturated rings. The third-order valence-electron chi connectivity index (χ3n) is 4.03. The fourth-order valence-electron chi connectivity index (χ4n) is 2.92. The van der Waals surface area contributed by atoms with E-state index in [9.17, 15) is 4.79 Å². The molecule has 0 radical (unpaired) electrons. The molecular formula is C16H20N4O2. The van der Waals surface area contributed by atoms with Gasteiger partial charge in [0.2, 0.25) is 0 Å². The van der Waals surface area contributed by atoms with Crippen molar-refractivity contribution in [2.24, 2.45) is 0 Å². The van der Waals surface area contributed by atoms with Gasteiger partial charge in [-0.3, -0.25) is 4.79 Å². The lowest BCUT2D eigenvalue weighted by molar-refractivity contribution is 0.0718. The maximum absolute atomic E-state index is 12.6. The molecule has 1 unspecified atom stereocenters. The molecule has 1 atom stereocenters. The number of aliphatic hydroxyl groups is 1. The van der Waals surface area contributed by atoms with Crippen LogP contribution in [0.4, 0.5) is 0 Å². The molecule has 6 heteroatoms. The molecule has 1 aromatic carbocycles. The number of likely N-dealkylation sites (tertiary alicyclic amines) is 1. The average Bonchev–Trinajstić information content (AvgIpc) is 3.22. The minimum atomic E-state index is -0.0670. The minimum Gasteiger partial charge on any atom is -0.396 e. The van der Waals surface area contributed by atoms with Gasteiger partial charge in [0.15, 0.2) is 5.69 Å². The Balaban J connectivity index is 1.74. The van der Waals surface area contributed by atoms with Crippen molar-refractivity contribution in [3.8, 4) is 5.69 Å². The van der Waals surface area contributed by atoms with E-state index in [4.69, 9.17) is 5.11 Å². The molecule has 116 valence electrons. The summed E-state index contributed by atoms with van der Waals surface area (Å²) in [6.45, 7) is 0.926. The molecule has 1 aliphatic heterocycles. The third-order valence-corrected chi connectivity index (χ3v) is 4.03. The highest BCUT2D eigenvalue weighted by Gasteiger charge is 2.30.